The second-order valence-corrected chi connectivity index (χ2v) is 27.9. The predicted octanol–water partition coefficient (Wildman–Crippen LogP) is 12.6. The monoisotopic (exact) mass is 849 g/mol. The summed E-state index contributed by atoms with van der Waals surface area (Å²) in [5, 5.41) is 3.35. The van der Waals surface area contributed by atoms with Gasteiger partial charge in [0.1, 0.15) is 0 Å². The molecule has 2 heteroatoms. The molecule has 9 rings (SSSR count). The van der Waals surface area contributed by atoms with Crippen LogP contribution in [-0.4, -0.2) is 9.52 Å². The van der Waals surface area contributed by atoms with Crippen molar-refractivity contribution in [1.82, 2.24) is 0 Å². The second kappa shape index (κ2) is 14.3. The Labute approximate surface area is 359 Å². The number of hydrogen-bond acceptors (Lipinski definition) is 0. The Hall–Kier alpha value is -4.10. The Morgan fingerprint density at radius 1 is 0.431 bits per heavy atom. The first-order valence-corrected chi connectivity index (χ1v) is 27.0. The number of hydrogen-bond donors (Lipinski definition) is 0. The third-order valence-electron chi connectivity index (χ3n) is 14.3. The number of allylic oxidation sites excluding steroid dienone is 2. The minimum atomic E-state index is -3.00. The van der Waals surface area contributed by atoms with Crippen LogP contribution >= 0.6 is 0 Å². The number of benzene rings is 6. The fourth-order valence-corrected chi connectivity index (χ4v) is 25.8. The van der Waals surface area contributed by atoms with E-state index in [1.165, 1.54) is 77.9 Å². The molecule has 0 saturated heterocycles. The molecule has 2 aliphatic carbocycles. The van der Waals surface area contributed by atoms with E-state index in [1.54, 1.807) is 35.9 Å². The van der Waals surface area contributed by atoms with E-state index in [4.69, 9.17) is 0 Å². The van der Waals surface area contributed by atoms with Crippen LogP contribution in [-0.2, 0) is 21.8 Å². The molecule has 0 spiro atoms. The summed E-state index contributed by atoms with van der Waals surface area (Å²) in [4.78, 5) is 0. The maximum atomic E-state index is 2.69. The topological polar surface area (TPSA) is 0 Å². The molecule has 0 fully saturated rings. The summed E-state index contributed by atoms with van der Waals surface area (Å²) in [6.45, 7) is 28.7. The van der Waals surface area contributed by atoms with Gasteiger partial charge in [0.05, 0.1) is 0 Å². The quantitative estimate of drug-likeness (QED) is 0.151. The molecule has 0 radical (unpaired) electrons. The van der Waals surface area contributed by atoms with Crippen molar-refractivity contribution in [3.8, 4) is 33.4 Å². The Balaban J connectivity index is 1.35. The van der Waals surface area contributed by atoms with Crippen molar-refractivity contribution in [2.45, 2.75) is 90.3 Å². The molecule has 3 aliphatic rings. The van der Waals surface area contributed by atoms with Gasteiger partial charge in [-0.1, -0.05) is 0 Å². The first-order chi connectivity index (χ1) is 27.6. The van der Waals surface area contributed by atoms with E-state index in [1.807, 2.05) is 0 Å². The van der Waals surface area contributed by atoms with E-state index in [9.17, 15) is 0 Å². The van der Waals surface area contributed by atoms with Gasteiger partial charge in [0.15, 0.2) is 0 Å². The summed E-state index contributed by atoms with van der Waals surface area (Å²) >= 11 is -3.00. The Kier molecular flexibility index (Phi) is 9.69. The molecule has 0 N–H and O–H groups in total. The maximum absolute atomic E-state index is 3.00. The van der Waals surface area contributed by atoms with Gasteiger partial charge < -0.3 is 0 Å². The van der Waals surface area contributed by atoms with E-state index < -0.39 is 31.3 Å². The van der Waals surface area contributed by atoms with Gasteiger partial charge in [-0.2, -0.15) is 0 Å². The van der Waals surface area contributed by atoms with Gasteiger partial charge in [-0.25, -0.2) is 0 Å². The zero-order valence-electron chi connectivity index (χ0n) is 36.8. The van der Waals surface area contributed by atoms with Crippen LogP contribution in [0.1, 0.15) is 104 Å². The Morgan fingerprint density at radius 3 is 1.38 bits per heavy atom. The molecule has 291 valence electrons. The predicted molar refractivity (Wildman–Crippen MR) is 252 cm³/mol. The van der Waals surface area contributed by atoms with Crippen molar-refractivity contribution in [1.29, 1.82) is 0 Å². The number of rotatable bonds is 5. The van der Waals surface area contributed by atoms with Crippen LogP contribution in [0.2, 0.25) is 0 Å². The van der Waals surface area contributed by atoms with Crippen LogP contribution in [0, 0.1) is 52.4 Å². The third-order valence-corrected chi connectivity index (χ3v) is 26.1. The second-order valence-electron chi connectivity index (χ2n) is 19.7. The van der Waals surface area contributed by atoms with Crippen LogP contribution in [0.5, 0.6) is 0 Å². The molecule has 6 aromatic rings. The van der Waals surface area contributed by atoms with Crippen LogP contribution in [0.3, 0.4) is 0 Å². The first kappa shape index (κ1) is 39.4. The summed E-state index contributed by atoms with van der Waals surface area (Å²) in [5.74, 6) is 0. The first-order valence-electron chi connectivity index (χ1n) is 21.5. The van der Waals surface area contributed by atoms with Gasteiger partial charge >= 0.3 is 362 Å². The van der Waals surface area contributed by atoms with Crippen molar-refractivity contribution in [3.05, 3.63) is 170 Å². The van der Waals surface area contributed by atoms with E-state index in [-0.39, 0.29) is 10.8 Å². The molecule has 0 nitrogen and oxygen atoms in total. The summed E-state index contributed by atoms with van der Waals surface area (Å²) in [6.07, 6.45) is 5.37. The fourth-order valence-electron chi connectivity index (χ4n) is 10.6. The van der Waals surface area contributed by atoms with Crippen molar-refractivity contribution in [2.75, 3.05) is 0 Å². The van der Waals surface area contributed by atoms with E-state index in [0.717, 1.165) is 0 Å². The van der Waals surface area contributed by atoms with Crippen LogP contribution in [0.4, 0.5) is 0 Å². The molecule has 1 heterocycles. The Morgan fingerprint density at radius 2 is 0.879 bits per heavy atom. The molecule has 2 atom stereocenters. The van der Waals surface area contributed by atoms with Crippen molar-refractivity contribution in [3.63, 3.8) is 0 Å². The van der Waals surface area contributed by atoms with Gasteiger partial charge in [0.2, 0.25) is 0 Å². The minimum absolute atomic E-state index is 0.00871. The van der Waals surface area contributed by atoms with Gasteiger partial charge in [0, 0.05) is 0 Å². The van der Waals surface area contributed by atoms with Crippen LogP contribution in [0.25, 0.3) is 45.5 Å². The normalized spacial score (nSPS) is 17.2. The Bertz CT molecular complexity index is 2600. The zero-order chi connectivity index (χ0) is 41.0. The molecular weight excluding hydrogens is 792 g/mol. The number of aryl methyl sites for hydroxylation is 2. The van der Waals surface area contributed by atoms with Crippen molar-refractivity contribution in [2.24, 2.45) is 10.8 Å². The molecule has 58 heavy (non-hydrogen) atoms. The van der Waals surface area contributed by atoms with Crippen LogP contribution in [0.15, 0.2) is 114 Å². The van der Waals surface area contributed by atoms with Gasteiger partial charge in [-0.05, 0) is 0 Å². The fraction of sp³-hybridized carbons (Fsp3) is 0.286. The molecule has 0 aromatic heterocycles. The number of fused-ring (bicyclic) bond motifs is 5. The summed E-state index contributed by atoms with van der Waals surface area (Å²) in [6, 6.07) is 41.0. The van der Waals surface area contributed by atoms with Gasteiger partial charge in [-0.15, -0.1) is 0 Å². The summed E-state index contributed by atoms with van der Waals surface area (Å²) in [7, 11) is -0.656. The molecule has 2 unspecified atom stereocenters. The molecule has 6 aromatic carbocycles. The van der Waals surface area contributed by atoms with Crippen molar-refractivity contribution < 1.29 is 21.8 Å². The van der Waals surface area contributed by atoms with Crippen LogP contribution < -0.4 is 13.6 Å². The average Bonchev–Trinajstić information content (AvgIpc) is 3.89. The molecule has 0 saturated carbocycles. The molecule has 0 amide bonds. The summed E-state index contributed by atoms with van der Waals surface area (Å²) < 4.78 is 2.58. The third kappa shape index (κ3) is 6.23. The van der Waals surface area contributed by atoms with E-state index >= 15 is 0 Å². The van der Waals surface area contributed by atoms with E-state index in [0.29, 0.717) is 7.25 Å². The summed E-state index contributed by atoms with van der Waals surface area (Å²) in [5.41, 5.74) is 26.3. The molecular formula is C56H59SiZr. The van der Waals surface area contributed by atoms with Gasteiger partial charge in [0.25, 0.3) is 0 Å². The molecule has 0 bridgehead atoms. The van der Waals surface area contributed by atoms with E-state index in [2.05, 4.69) is 198 Å². The van der Waals surface area contributed by atoms with Gasteiger partial charge in [-0.3, -0.25) is 0 Å². The standard InChI is InChI=1S/2C22H25.C12H9Si.Zr/c2*1-14-10-11-19(16(3)15(14)2)20-9-7-8-17-12-18(13-21(17)20)22(4,5)6;1-3-7-11-9(5-1)10-6-2-4-8-12(10)13-11;/h2*7-13H,1-6H3;1-7H,13H2;. The van der Waals surface area contributed by atoms with Crippen molar-refractivity contribution >= 4 is 35.3 Å². The molecule has 1 aliphatic heterocycles. The zero-order valence-corrected chi connectivity index (χ0v) is 40.7. The SMILES string of the molecule is Cc1ccc(-c2cccc3c2C=C(C(C)(C)C)[CH]3[Zr]([c]2cccc3c2[SiH2]c2ccccc2-3)[CH]2C(C(C)(C)C)=Cc3c(-c4ccc(C)c(C)c4C)cccc32)c(C)c1C. The average molecular weight is 851 g/mol.